The lowest BCUT2D eigenvalue weighted by molar-refractivity contribution is -0.387. The van der Waals surface area contributed by atoms with Crippen LogP contribution in [0.2, 0.25) is 0 Å². The second kappa shape index (κ2) is 7.77. The summed E-state index contributed by atoms with van der Waals surface area (Å²) in [6.45, 7) is 0. The second-order valence-corrected chi connectivity index (χ2v) is 5.78. The van der Waals surface area contributed by atoms with Gasteiger partial charge in [-0.2, -0.15) is 9.97 Å². The van der Waals surface area contributed by atoms with Gasteiger partial charge in [-0.05, 0) is 24.3 Å². The number of aromatic nitrogens is 3. The van der Waals surface area contributed by atoms with E-state index in [1.54, 1.807) is 48.7 Å². The van der Waals surface area contributed by atoms with Crippen LogP contribution in [-0.2, 0) is 0 Å². The number of hydrogen-bond acceptors (Lipinski definition) is 8. The molecule has 0 unspecified atom stereocenters. The Morgan fingerprint density at radius 3 is 2.21 bits per heavy atom. The van der Waals surface area contributed by atoms with Gasteiger partial charge in [-0.1, -0.05) is 30.3 Å². The number of nitrogens with zero attached hydrogens (tertiary/aromatic N) is 4. The SMILES string of the molecule is COc1ccccc1Oc1ncnc(Oc2cccc3cccnc23)c1[N+](=O)[O-]. The van der Waals surface area contributed by atoms with E-state index in [9.17, 15) is 10.1 Å². The number of nitro groups is 1. The summed E-state index contributed by atoms with van der Waals surface area (Å²) in [5, 5.41) is 12.6. The van der Waals surface area contributed by atoms with Crippen LogP contribution in [0.4, 0.5) is 5.69 Å². The Kier molecular flexibility index (Phi) is 4.85. The second-order valence-electron chi connectivity index (χ2n) is 5.78. The van der Waals surface area contributed by atoms with Crippen LogP contribution in [0, 0.1) is 10.1 Å². The van der Waals surface area contributed by atoms with Crippen LogP contribution in [-0.4, -0.2) is 27.0 Å². The Morgan fingerprint density at radius 2 is 1.48 bits per heavy atom. The van der Waals surface area contributed by atoms with E-state index in [2.05, 4.69) is 15.0 Å². The molecular weight excluding hydrogens is 376 g/mol. The summed E-state index contributed by atoms with van der Waals surface area (Å²) >= 11 is 0. The van der Waals surface area contributed by atoms with Gasteiger partial charge in [0.05, 0.1) is 12.0 Å². The summed E-state index contributed by atoms with van der Waals surface area (Å²) in [6.07, 6.45) is 2.74. The lowest BCUT2D eigenvalue weighted by Crippen LogP contribution is -2.02. The highest BCUT2D eigenvalue weighted by molar-refractivity contribution is 5.84. The topological polar surface area (TPSA) is 110 Å². The highest BCUT2D eigenvalue weighted by Gasteiger charge is 2.28. The van der Waals surface area contributed by atoms with Crippen molar-refractivity contribution in [1.82, 2.24) is 15.0 Å². The Labute approximate surface area is 164 Å². The molecule has 0 spiro atoms. The maximum Gasteiger partial charge on any atom is 0.393 e. The number of hydrogen-bond donors (Lipinski definition) is 0. The van der Waals surface area contributed by atoms with Crippen molar-refractivity contribution in [3.8, 4) is 29.0 Å². The number of pyridine rings is 1. The average molecular weight is 390 g/mol. The van der Waals surface area contributed by atoms with Crippen molar-refractivity contribution in [3.63, 3.8) is 0 Å². The van der Waals surface area contributed by atoms with E-state index >= 15 is 0 Å². The Hall–Kier alpha value is -4.27. The molecule has 2 aromatic carbocycles. The summed E-state index contributed by atoms with van der Waals surface area (Å²) in [7, 11) is 1.47. The van der Waals surface area contributed by atoms with Crippen LogP contribution in [0.25, 0.3) is 10.9 Å². The Balaban J connectivity index is 1.77. The maximum absolute atomic E-state index is 11.8. The van der Waals surface area contributed by atoms with Gasteiger partial charge < -0.3 is 14.2 Å². The molecule has 0 saturated heterocycles. The monoisotopic (exact) mass is 390 g/mol. The predicted molar refractivity (Wildman–Crippen MR) is 104 cm³/mol. The smallest absolute Gasteiger partial charge is 0.393 e. The van der Waals surface area contributed by atoms with E-state index in [-0.39, 0.29) is 17.5 Å². The zero-order valence-electron chi connectivity index (χ0n) is 15.2. The summed E-state index contributed by atoms with van der Waals surface area (Å²) in [4.78, 5) is 23.2. The van der Waals surface area contributed by atoms with Crippen LogP contribution >= 0.6 is 0 Å². The van der Waals surface area contributed by atoms with E-state index in [1.807, 2.05) is 12.1 Å². The molecule has 144 valence electrons. The first-order chi connectivity index (χ1) is 14.2. The molecule has 4 rings (SSSR count). The van der Waals surface area contributed by atoms with E-state index in [4.69, 9.17) is 14.2 Å². The molecule has 0 bridgehead atoms. The van der Waals surface area contributed by atoms with Crippen molar-refractivity contribution in [2.45, 2.75) is 0 Å². The van der Waals surface area contributed by atoms with Gasteiger partial charge in [0, 0.05) is 11.6 Å². The molecule has 0 aliphatic heterocycles. The molecule has 0 N–H and O–H groups in total. The number of rotatable bonds is 6. The third-order valence-corrected chi connectivity index (χ3v) is 4.02. The van der Waals surface area contributed by atoms with Crippen molar-refractivity contribution in [3.05, 3.63) is 77.2 Å². The van der Waals surface area contributed by atoms with Crippen molar-refractivity contribution in [1.29, 1.82) is 0 Å². The van der Waals surface area contributed by atoms with Gasteiger partial charge in [0.1, 0.15) is 11.8 Å². The molecule has 9 heteroatoms. The quantitative estimate of drug-likeness (QED) is 0.349. The van der Waals surface area contributed by atoms with Crippen LogP contribution < -0.4 is 14.2 Å². The van der Waals surface area contributed by atoms with Crippen molar-refractivity contribution in [2.75, 3.05) is 7.11 Å². The van der Waals surface area contributed by atoms with Gasteiger partial charge in [-0.25, -0.2) is 0 Å². The van der Waals surface area contributed by atoms with Crippen molar-refractivity contribution >= 4 is 16.6 Å². The van der Waals surface area contributed by atoms with Gasteiger partial charge in [-0.3, -0.25) is 15.1 Å². The molecule has 0 aliphatic rings. The Bertz CT molecular complexity index is 1190. The normalized spacial score (nSPS) is 10.5. The molecule has 29 heavy (non-hydrogen) atoms. The zero-order valence-corrected chi connectivity index (χ0v) is 15.2. The number of ether oxygens (including phenoxy) is 3. The number of fused-ring (bicyclic) bond motifs is 1. The molecule has 0 radical (unpaired) electrons. The molecule has 0 amide bonds. The highest BCUT2D eigenvalue weighted by atomic mass is 16.6. The van der Waals surface area contributed by atoms with E-state index < -0.39 is 10.6 Å². The lowest BCUT2D eigenvalue weighted by Gasteiger charge is -2.11. The third kappa shape index (κ3) is 3.61. The molecule has 0 saturated carbocycles. The van der Waals surface area contributed by atoms with Gasteiger partial charge in [-0.15, -0.1) is 0 Å². The molecule has 2 aromatic heterocycles. The predicted octanol–water partition coefficient (Wildman–Crippen LogP) is 4.53. The molecule has 0 aliphatic carbocycles. The highest BCUT2D eigenvalue weighted by Crippen LogP contribution is 2.40. The van der Waals surface area contributed by atoms with Crippen molar-refractivity contribution in [2.24, 2.45) is 0 Å². The minimum atomic E-state index is -0.654. The molecule has 0 atom stereocenters. The first-order valence-corrected chi connectivity index (χ1v) is 8.49. The average Bonchev–Trinajstić information content (AvgIpc) is 2.74. The first-order valence-electron chi connectivity index (χ1n) is 8.49. The maximum atomic E-state index is 11.8. The van der Waals surface area contributed by atoms with Crippen LogP contribution in [0.1, 0.15) is 0 Å². The summed E-state index contributed by atoms with van der Waals surface area (Å²) in [6, 6.07) is 15.7. The fourth-order valence-electron chi connectivity index (χ4n) is 2.72. The van der Waals surface area contributed by atoms with Crippen molar-refractivity contribution < 1.29 is 19.1 Å². The van der Waals surface area contributed by atoms with E-state index in [0.29, 0.717) is 17.0 Å². The largest absolute Gasteiger partial charge is 0.493 e. The summed E-state index contributed by atoms with van der Waals surface area (Å²) < 4.78 is 16.6. The fourth-order valence-corrected chi connectivity index (χ4v) is 2.72. The fraction of sp³-hybridized carbons (Fsp3) is 0.0500. The third-order valence-electron chi connectivity index (χ3n) is 4.02. The number of benzene rings is 2. The summed E-state index contributed by atoms with van der Waals surface area (Å²) in [5.74, 6) is 0.481. The minimum Gasteiger partial charge on any atom is -0.493 e. The zero-order chi connectivity index (χ0) is 20.2. The first kappa shape index (κ1) is 18.1. The molecular formula is C20H14N4O5. The van der Waals surface area contributed by atoms with E-state index in [0.717, 1.165) is 11.7 Å². The molecule has 2 heterocycles. The number of para-hydroxylation sites is 3. The van der Waals surface area contributed by atoms with Crippen LogP contribution in [0.15, 0.2) is 67.1 Å². The lowest BCUT2D eigenvalue weighted by atomic mass is 10.2. The van der Waals surface area contributed by atoms with Gasteiger partial charge in [0.25, 0.3) is 0 Å². The van der Waals surface area contributed by atoms with E-state index in [1.165, 1.54) is 7.11 Å². The molecule has 9 nitrogen and oxygen atoms in total. The van der Waals surface area contributed by atoms with Crippen LogP contribution in [0.5, 0.6) is 29.0 Å². The minimum absolute atomic E-state index is 0.256. The standard InChI is InChI=1S/C20H14N4O5/c1-27-14-8-2-3-9-15(14)28-19-18(24(25)26)20(23-12-22-19)29-16-10-4-6-13-7-5-11-21-17(13)16/h2-12H,1H3. The number of methoxy groups -OCH3 is 1. The van der Waals surface area contributed by atoms with Gasteiger partial charge in [0.2, 0.25) is 0 Å². The van der Waals surface area contributed by atoms with Gasteiger partial charge in [0.15, 0.2) is 17.2 Å². The molecule has 0 fully saturated rings. The molecule has 4 aromatic rings. The van der Waals surface area contributed by atoms with Gasteiger partial charge >= 0.3 is 17.4 Å². The Morgan fingerprint density at radius 1 is 0.828 bits per heavy atom. The summed E-state index contributed by atoms with van der Waals surface area (Å²) in [5.41, 5.74) is 0.0430. The van der Waals surface area contributed by atoms with Crippen LogP contribution in [0.3, 0.4) is 0 Å².